The second-order valence-electron chi connectivity index (χ2n) is 5.01. The summed E-state index contributed by atoms with van der Waals surface area (Å²) in [6, 6.07) is 1.79. The number of ether oxygens (including phenoxy) is 1. The van der Waals surface area contributed by atoms with Gasteiger partial charge in [0.1, 0.15) is 16.1 Å². The van der Waals surface area contributed by atoms with E-state index in [4.69, 9.17) is 17.0 Å². The Labute approximate surface area is 112 Å². The van der Waals surface area contributed by atoms with Gasteiger partial charge in [0.05, 0.1) is 0 Å². The predicted octanol–water partition coefficient (Wildman–Crippen LogP) is 2.51. The highest BCUT2D eigenvalue weighted by Crippen LogP contribution is 2.06. The van der Waals surface area contributed by atoms with Gasteiger partial charge in [0, 0.05) is 18.7 Å². The van der Waals surface area contributed by atoms with E-state index in [1.165, 1.54) is 0 Å². The van der Waals surface area contributed by atoms with E-state index in [1.807, 2.05) is 27.7 Å². The molecule has 2 N–H and O–H groups in total. The maximum atomic E-state index is 11.4. The molecule has 0 radical (unpaired) electrons. The van der Waals surface area contributed by atoms with Gasteiger partial charge in [0.25, 0.3) is 0 Å². The van der Waals surface area contributed by atoms with Crippen LogP contribution in [0.2, 0.25) is 0 Å². The first-order valence-electron chi connectivity index (χ1n) is 5.80. The molecule has 6 heteroatoms. The van der Waals surface area contributed by atoms with Crippen LogP contribution in [0.1, 0.15) is 32.3 Å². The van der Waals surface area contributed by atoms with Crippen LogP contribution in [0.3, 0.4) is 0 Å². The van der Waals surface area contributed by atoms with Gasteiger partial charge in [-0.2, -0.15) is 0 Å². The van der Waals surface area contributed by atoms with Gasteiger partial charge in [0.2, 0.25) is 0 Å². The van der Waals surface area contributed by atoms with Crippen molar-refractivity contribution in [2.24, 2.45) is 0 Å². The summed E-state index contributed by atoms with van der Waals surface area (Å²) in [4.78, 5) is 18.6. The number of aryl methyl sites for hydroxylation is 1. The van der Waals surface area contributed by atoms with Crippen molar-refractivity contribution in [1.29, 1.82) is 0 Å². The average molecular weight is 269 g/mol. The molecular formula is C12H19N3O2S. The maximum Gasteiger partial charge on any atom is 0.407 e. The van der Waals surface area contributed by atoms with E-state index >= 15 is 0 Å². The number of aromatic nitrogens is 2. The van der Waals surface area contributed by atoms with Crippen molar-refractivity contribution in [3.8, 4) is 0 Å². The average Bonchev–Trinajstić information content (AvgIpc) is 2.12. The lowest BCUT2D eigenvalue weighted by molar-refractivity contribution is 0.0528. The van der Waals surface area contributed by atoms with Crippen molar-refractivity contribution in [1.82, 2.24) is 15.3 Å². The van der Waals surface area contributed by atoms with Crippen molar-refractivity contribution < 1.29 is 9.53 Å². The lowest BCUT2D eigenvalue weighted by Gasteiger charge is -2.19. The number of hydrogen-bond donors (Lipinski definition) is 2. The Balaban J connectivity index is 2.42. The van der Waals surface area contributed by atoms with Gasteiger partial charge in [-0.1, -0.05) is 12.2 Å². The molecule has 18 heavy (non-hydrogen) atoms. The first kappa shape index (κ1) is 14.6. The van der Waals surface area contributed by atoms with Gasteiger partial charge in [-0.15, -0.1) is 0 Å². The minimum absolute atomic E-state index is 0.410. The summed E-state index contributed by atoms with van der Waals surface area (Å²) in [6.45, 7) is 7.83. The molecule has 1 amide bonds. The number of hydrogen-bond acceptors (Lipinski definition) is 4. The van der Waals surface area contributed by atoms with Crippen LogP contribution >= 0.6 is 12.2 Å². The Bertz CT molecular complexity index is 477. The van der Waals surface area contributed by atoms with E-state index in [0.29, 0.717) is 17.6 Å². The molecule has 0 aliphatic carbocycles. The van der Waals surface area contributed by atoms with Crippen LogP contribution in [0.5, 0.6) is 0 Å². The fourth-order valence-corrected chi connectivity index (χ4v) is 1.67. The number of nitrogens with zero attached hydrogens (tertiary/aromatic N) is 1. The molecule has 1 heterocycles. The van der Waals surface area contributed by atoms with Crippen LogP contribution < -0.4 is 5.32 Å². The van der Waals surface area contributed by atoms with Crippen LogP contribution in [0.25, 0.3) is 0 Å². The summed E-state index contributed by atoms with van der Waals surface area (Å²) in [5.74, 6) is 0.773. The molecule has 1 rings (SSSR count). The predicted molar refractivity (Wildman–Crippen MR) is 72.1 cm³/mol. The molecule has 0 unspecified atom stereocenters. The van der Waals surface area contributed by atoms with Gasteiger partial charge < -0.3 is 15.0 Å². The van der Waals surface area contributed by atoms with Crippen molar-refractivity contribution in [2.75, 3.05) is 6.54 Å². The summed E-state index contributed by atoms with van der Waals surface area (Å²) in [6.07, 6.45) is 0.249. The Morgan fingerprint density at radius 1 is 1.56 bits per heavy atom. The van der Waals surface area contributed by atoms with E-state index in [9.17, 15) is 4.79 Å². The number of rotatable bonds is 3. The Morgan fingerprint density at radius 2 is 2.22 bits per heavy atom. The van der Waals surface area contributed by atoms with Crippen molar-refractivity contribution in [3.63, 3.8) is 0 Å². The fraction of sp³-hybridized carbons (Fsp3) is 0.583. The molecule has 0 saturated carbocycles. The third kappa shape index (κ3) is 5.77. The highest BCUT2D eigenvalue weighted by molar-refractivity contribution is 7.71. The molecule has 1 aromatic rings. The summed E-state index contributed by atoms with van der Waals surface area (Å²) >= 11 is 5.02. The maximum absolute atomic E-state index is 11.4. The third-order valence-electron chi connectivity index (χ3n) is 1.98. The second-order valence-corrected chi connectivity index (χ2v) is 5.43. The molecule has 5 nitrogen and oxygen atoms in total. The Hall–Kier alpha value is -1.43. The molecule has 0 fully saturated rings. The Kier molecular flexibility index (Phi) is 4.84. The number of nitrogens with one attached hydrogen (secondary N) is 2. The van der Waals surface area contributed by atoms with Crippen LogP contribution in [0.15, 0.2) is 6.07 Å². The van der Waals surface area contributed by atoms with Crippen molar-refractivity contribution in [2.45, 2.75) is 39.7 Å². The molecule has 0 aromatic carbocycles. The van der Waals surface area contributed by atoms with Crippen LogP contribution in [0.4, 0.5) is 4.79 Å². The van der Waals surface area contributed by atoms with Gasteiger partial charge in [-0.05, 0) is 33.8 Å². The van der Waals surface area contributed by atoms with Crippen LogP contribution in [-0.2, 0) is 11.2 Å². The highest BCUT2D eigenvalue weighted by Gasteiger charge is 2.15. The zero-order valence-electron chi connectivity index (χ0n) is 11.2. The topological polar surface area (TPSA) is 67.0 Å². The normalized spacial score (nSPS) is 11.1. The van der Waals surface area contributed by atoms with Crippen molar-refractivity contribution in [3.05, 3.63) is 22.2 Å². The quantitative estimate of drug-likeness (QED) is 0.827. The minimum Gasteiger partial charge on any atom is -0.444 e. The number of H-pyrrole nitrogens is 1. The monoisotopic (exact) mass is 269 g/mol. The SMILES string of the molecule is Cc1nc(=S)cc(CCNC(=O)OC(C)(C)C)[nH]1. The van der Waals surface area contributed by atoms with Crippen molar-refractivity contribution >= 4 is 18.3 Å². The van der Waals surface area contributed by atoms with Crippen LogP contribution in [0, 0.1) is 11.6 Å². The number of aromatic amines is 1. The fourth-order valence-electron chi connectivity index (χ4n) is 1.39. The summed E-state index contributed by atoms with van der Waals surface area (Å²) in [5, 5.41) is 2.69. The molecule has 0 saturated heterocycles. The van der Waals surface area contributed by atoms with Gasteiger partial charge in [0.15, 0.2) is 0 Å². The summed E-state index contributed by atoms with van der Waals surface area (Å²) in [7, 11) is 0. The number of alkyl carbamates (subject to hydrolysis) is 1. The molecule has 100 valence electrons. The zero-order chi connectivity index (χ0) is 13.8. The third-order valence-corrected chi connectivity index (χ3v) is 2.19. The first-order valence-corrected chi connectivity index (χ1v) is 6.21. The number of carbonyl (C=O) groups is 1. The molecule has 0 spiro atoms. The molecular weight excluding hydrogens is 250 g/mol. The molecule has 0 aliphatic heterocycles. The first-order chi connectivity index (χ1) is 8.26. The minimum atomic E-state index is -0.475. The molecule has 0 bridgehead atoms. The molecule has 0 aliphatic rings. The van der Waals surface area contributed by atoms with Gasteiger partial charge in [-0.3, -0.25) is 0 Å². The van der Waals surface area contributed by atoms with E-state index in [1.54, 1.807) is 6.07 Å². The lowest BCUT2D eigenvalue weighted by atomic mass is 10.2. The smallest absolute Gasteiger partial charge is 0.407 e. The summed E-state index contributed by atoms with van der Waals surface area (Å²) in [5.41, 5.74) is 0.473. The number of carbonyl (C=O) groups excluding carboxylic acids is 1. The van der Waals surface area contributed by atoms with Gasteiger partial charge in [-0.25, -0.2) is 9.78 Å². The molecule has 0 atom stereocenters. The van der Waals surface area contributed by atoms with E-state index < -0.39 is 11.7 Å². The molecule has 1 aromatic heterocycles. The Morgan fingerprint density at radius 3 is 2.78 bits per heavy atom. The lowest BCUT2D eigenvalue weighted by Crippen LogP contribution is -2.33. The van der Waals surface area contributed by atoms with E-state index in [-0.39, 0.29) is 0 Å². The van der Waals surface area contributed by atoms with Gasteiger partial charge >= 0.3 is 6.09 Å². The van der Waals surface area contributed by atoms with E-state index in [0.717, 1.165) is 11.5 Å². The van der Waals surface area contributed by atoms with E-state index in [2.05, 4.69) is 15.3 Å². The second kappa shape index (κ2) is 5.95. The standard InChI is InChI=1S/C12H19N3O2S/c1-8-14-9(7-10(18)15-8)5-6-13-11(16)17-12(2,3)4/h7H,5-6H2,1-4H3,(H,13,16)(H,14,15,18). The number of amides is 1. The highest BCUT2D eigenvalue weighted by atomic mass is 32.1. The summed E-state index contributed by atoms with van der Waals surface area (Å²) < 4.78 is 5.68. The largest absolute Gasteiger partial charge is 0.444 e. The zero-order valence-corrected chi connectivity index (χ0v) is 12.0. The van der Waals surface area contributed by atoms with Crippen LogP contribution in [-0.4, -0.2) is 28.2 Å².